The van der Waals surface area contributed by atoms with Gasteiger partial charge in [-0.3, -0.25) is 9.48 Å². The molecule has 0 unspecified atom stereocenters. The van der Waals surface area contributed by atoms with Crippen LogP contribution in [0, 0.1) is 13.8 Å². The minimum atomic E-state index is -0.0349. The summed E-state index contributed by atoms with van der Waals surface area (Å²) in [6.07, 6.45) is 0. The Kier molecular flexibility index (Phi) is 5.71. The molecule has 0 spiro atoms. The minimum absolute atomic E-state index is 0.0349. The third kappa shape index (κ3) is 4.28. The van der Waals surface area contributed by atoms with Crippen LogP contribution in [0.3, 0.4) is 0 Å². The SMILES string of the molecule is COc1cccc(SCC(=O)Nc2c(C)nn(C(C)C)c2C)c1. The summed E-state index contributed by atoms with van der Waals surface area (Å²) in [5.41, 5.74) is 2.64. The summed E-state index contributed by atoms with van der Waals surface area (Å²) in [6.45, 7) is 8.04. The highest BCUT2D eigenvalue weighted by Gasteiger charge is 2.15. The molecular weight excluding hydrogens is 310 g/mol. The molecule has 1 aromatic heterocycles. The van der Waals surface area contributed by atoms with E-state index in [1.54, 1.807) is 7.11 Å². The van der Waals surface area contributed by atoms with Crippen molar-refractivity contribution in [1.29, 1.82) is 0 Å². The highest BCUT2D eigenvalue weighted by Crippen LogP contribution is 2.25. The van der Waals surface area contributed by atoms with Gasteiger partial charge in [-0.2, -0.15) is 5.10 Å². The number of carbonyl (C=O) groups excluding carboxylic acids is 1. The Morgan fingerprint density at radius 3 is 2.74 bits per heavy atom. The number of carbonyl (C=O) groups is 1. The fraction of sp³-hybridized carbons (Fsp3) is 0.412. The van der Waals surface area contributed by atoms with Gasteiger partial charge in [-0.15, -0.1) is 11.8 Å². The Labute approximate surface area is 141 Å². The molecule has 1 amide bonds. The van der Waals surface area contributed by atoms with E-state index in [9.17, 15) is 4.79 Å². The average Bonchev–Trinajstić information content (AvgIpc) is 2.81. The molecule has 0 fully saturated rings. The molecular formula is C17H23N3O2S. The van der Waals surface area contributed by atoms with Gasteiger partial charge in [-0.05, 0) is 45.9 Å². The first-order valence-corrected chi connectivity index (χ1v) is 8.53. The number of methoxy groups -OCH3 is 1. The average molecular weight is 333 g/mol. The second-order valence-electron chi connectivity index (χ2n) is 5.60. The summed E-state index contributed by atoms with van der Waals surface area (Å²) in [4.78, 5) is 13.2. The Morgan fingerprint density at radius 2 is 2.13 bits per heavy atom. The van der Waals surface area contributed by atoms with Crippen molar-refractivity contribution >= 4 is 23.4 Å². The number of hydrogen-bond donors (Lipinski definition) is 1. The van der Waals surface area contributed by atoms with Crippen LogP contribution in [0.5, 0.6) is 5.75 Å². The lowest BCUT2D eigenvalue weighted by molar-refractivity contribution is -0.113. The maximum absolute atomic E-state index is 12.2. The van der Waals surface area contributed by atoms with Crippen molar-refractivity contribution in [3.05, 3.63) is 35.7 Å². The van der Waals surface area contributed by atoms with Crippen LogP contribution in [0.15, 0.2) is 29.2 Å². The molecule has 1 N–H and O–H groups in total. The molecule has 0 aliphatic carbocycles. The number of aryl methyl sites for hydroxylation is 1. The summed E-state index contributed by atoms with van der Waals surface area (Å²) in [5.74, 6) is 1.10. The van der Waals surface area contributed by atoms with Gasteiger partial charge in [0.1, 0.15) is 5.75 Å². The fourth-order valence-electron chi connectivity index (χ4n) is 2.36. The maximum Gasteiger partial charge on any atom is 0.234 e. The molecule has 0 saturated carbocycles. The Bertz CT molecular complexity index is 695. The number of aromatic nitrogens is 2. The Hall–Kier alpha value is -1.95. The molecule has 2 aromatic rings. The quantitative estimate of drug-likeness (QED) is 0.817. The third-order valence-electron chi connectivity index (χ3n) is 3.49. The van der Waals surface area contributed by atoms with Gasteiger partial charge in [0.05, 0.1) is 29.9 Å². The Balaban J connectivity index is 2.00. The zero-order valence-electron chi connectivity index (χ0n) is 14.2. The molecule has 0 bridgehead atoms. The largest absolute Gasteiger partial charge is 0.497 e. The van der Waals surface area contributed by atoms with Gasteiger partial charge >= 0.3 is 0 Å². The zero-order chi connectivity index (χ0) is 17.0. The van der Waals surface area contributed by atoms with Gasteiger partial charge in [0.25, 0.3) is 0 Å². The predicted molar refractivity (Wildman–Crippen MR) is 94.4 cm³/mol. The number of thioether (sulfide) groups is 1. The number of rotatable bonds is 6. The molecule has 6 heteroatoms. The van der Waals surface area contributed by atoms with Crippen LogP contribution >= 0.6 is 11.8 Å². The second kappa shape index (κ2) is 7.55. The number of amides is 1. The van der Waals surface area contributed by atoms with Crippen molar-refractivity contribution in [2.45, 2.75) is 38.6 Å². The van der Waals surface area contributed by atoms with Crippen molar-refractivity contribution in [1.82, 2.24) is 9.78 Å². The zero-order valence-corrected chi connectivity index (χ0v) is 15.0. The van der Waals surface area contributed by atoms with Crippen LogP contribution in [0.25, 0.3) is 0 Å². The first-order valence-electron chi connectivity index (χ1n) is 7.54. The highest BCUT2D eigenvalue weighted by atomic mass is 32.2. The number of hydrogen-bond acceptors (Lipinski definition) is 4. The van der Waals surface area contributed by atoms with Crippen LogP contribution in [-0.4, -0.2) is 28.6 Å². The van der Waals surface area contributed by atoms with E-state index in [0.29, 0.717) is 5.75 Å². The van der Waals surface area contributed by atoms with E-state index in [1.807, 2.05) is 42.8 Å². The summed E-state index contributed by atoms with van der Waals surface area (Å²) < 4.78 is 7.12. The van der Waals surface area contributed by atoms with E-state index in [0.717, 1.165) is 27.7 Å². The third-order valence-corrected chi connectivity index (χ3v) is 4.48. The highest BCUT2D eigenvalue weighted by molar-refractivity contribution is 8.00. The number of ether oxygens (including phenoxy) is 1. The maximum atomic E-state index is 12.2. The summed E-state index contributed by atoms with van der Waals surface area (Å²) in [6, 6.07) is 7.96. The molecule has 23 heavy (non-hydrogen) atoms. The molecule has 2 rings (SSSR count). The van der Waals surface area contributed by atoms with Gasteiger partial charge < -0.3 is 10.1 Å². The van der Waals surface area contributed by atoms with Crippen LogP contribution in [-0.2, 0) is 4.79 Å². The van der Waals surface area contributed by atoms with E-state index in [1.165, 1.54) is 11.8 Å². The minimum Gasteiger partial charge on any atom is -0.497 e. The lowest BCUT2D eigenvalue weighted by atomic mass is 10.3. The van der Waals surface area contributed by atoms with Crippen LogP contribution < -0.4 is 10.1 Å². The monoisotopic (exact) mass is 333 g/mol. The number of benzene rings is 1. The molecule has 0 aliphatic heterocycles. The van der Waals surface area contributed by atoms with Crippen LogP contribution in [0.1, 0.15) is 31.3 Å². The number of nitrogens with one attached hydrogen (secondary N) is 1. The molecule has 0 radical (unpaired) electrons. The normalized spacial score (nSPS) is 10.9. The molecule has 5 nitrogen and oxygen atoms in total. The fourth-order valence-corrected chi connectivity index (χ4v) is 3.11. The molecule has 124 valence electrons. The van der Waals surface area contributed by atoms with E-state index in [4.69, 9.17) is 4.74 Å². The van der Waals surface area contributed by atoms with Gasteiger partial charge in [0.15, 0.2) is 0 Å². The molecule has 1 heterocycles. The van der Waals surface area contributed by atoms with Crippen LogP contribution in [0.4, 0.5) is 5.69 Å². The lowest BCUT2D eigenvalue weighted by Gasteiger charge is -2.09. The molecule has 0 saturated heterocycles. The molecule has 0 atom stereocenters. The second-order valence-corrected chi connectivity index (χ2v) is 6.65. The number of anilines is 1. The first kappa shape index (κ1) is 17.4. The van der Waals surface area contributed by atoms with E-state index in [-0.39, 0.29) is 11.9 Å². The van der Waals surface area contributed by atoms with E-state index >= 15 is 0 Å². The summed E-state index contributed by atoms with van der Waals surface area (Å²) >= 11 is 1.48. The lowest BCUT2D eigenvalue weighted by Crippen LogP contribution is -2.15. The van der Waals surface area contributed by atoms with Crippen LogP contribution in [0.2, 0.25) is 0 Å². The topological polar surface area (TPSA) is 56.1 Å². The van der Waals surface area contributed by atoms with Gasteiger partial charge in [-0.25, -0.2) is 0 Å². The molecule has 0 aliphatic rings. The van der Waals surface area contributed by atoms with Gasteiger partial charge in [0.2, 0.25) is 5.91 Å². The number of nitrogens with zero attached hydrogens (tertiary/aromatic N) is 2. The van der Waals surface area contributed by atoms with Crippen molar-refractivity contribution in [3.63, 3.8) is 0 Å². The van der Waals surface area contributed by atoms with Crippen molar-refractivity contribution in [3.8, 4) is 5.75 Å². The summed E-state index contributed by atoms with van der Waals surface area (Å²) in [7, 11) is 1.63. The van der Waals surface area contributed by atoms with Gasteiger partial charge in [-0.1, -0.05) is 6.07 Å². The predicted octanol–water partition coefficient (Wildman–Crippen LogP) is 3.82. The Morgan fingerprint density at radius 1 is 1.39 bits per heavy atom. The van der Waals surface area contributed by atoms with Gasteiger partial charge in [0, 0.05) is 10.9 Å². The van der Waals surface area contributed by atoms with E-state index in [2.05, 4.69) is 24.3 Å². The van der Waals surface area contributed by atoms with Crippen molar-refractivity contribution in [2.75, 3.05) is 18.2 Å². The molecule has 1 aromatic carbocycles. The van der Waals surface area contributed by atoms with Crippen molar-refractivity contribution in [2.24, 2.45) is 0 Å². The van der Waals surface area contributed by atoms with Crippen molar-refractivity contribution < 1.29 is 9.53 Å². The summed E-state index contributed by atoms with van der Waals surface area (Å²) in [5, 5.41) is 7.46. The van der Waals surface area contributed by atoms with E-state index < -0.39 is 0 Å². The standard InChI is InChI=1S/C17H23N3O2S/c1-11(2)20-13(4)17(12(3)19-20)18-16(21)10-23-15-8-6-7-14(9-15)22-5/h6-9,11H,10H2,1-5H3,(H,18,21). The smallest absolute Gasteiger partial charge is 0.234 e. The first-order chi connectivity index (χ1) is 10.9.